The van der Waals surface area contributed by atoms with Gasteiger partial charge in [-0.2, -0.15) is 5.26 Å². The predicted octanol–water partition coefficient (Wildman–Crippen LogP) is 5.51. The van der Waals surface area contributed by atoms with E-state index in [0.29, 0.717) is 33.6 Å². The highest BCUT2D eigenvalue weighted by atomic mass is 32.2. The van der Waals surface area contributed by atoms with Crippen LogP contribution >= 0.6 is 23.5 Å². The monoisotopic (exact) mass is 538 g/mol. The van der Waals surface area contributed by atoms with Gasteiger partial charge < -0.3 is 15.5 Å². The first-order valence-corrected chi connectivity index (χ1v) is 14.1. The van der Waals surface area contributed by atoms with E-state index in [9.17, 15) is 10.1 Å². The van der Waals surface area contributed by atoms with Crippen molar-refractivity contribution >= 4 is 51.7 Å². The molecule has 3 aliphatic rings. The maximum atomic E-state index is 13.9. The number of para-hydroxylation sites is 2. The van der Waals surface area contributed by atoms with Gasteiger partial charge in [0, 0.05) is 24.5 Å². The first-order chi connectivity index (χ1) is 18.6. The summed E-state index contributed by atoms with van der Waals surface area (Å²) in [5, 5.41) is 18.2. The van der Waals surface area contributed by atoms with Crippen molar-refractivity contribution in [3.05, 3.63) is 93.9 Å². The fraction of sp³-hybridized carbons (Fsp3) is 0.207. The molecule has 2 N–H and O–H groups in total. The van der Waals surface area contributed by atoms with E-state index in [1.165, 1.54) is 11.8 Å². The first kappa shape index (κ1) is 24.6. The number of aliphatic imine (C=N–C) groups is 1. The van der Waals surface area contributed by atoms with Gasteiger partial charge in [0.25, 0.3) is 5.91 Å². The minimum absolute atomic E-state index is 0.0642. The Morgan fingerprint density at radius 3 is 2.66 bits per heavy atom. The van der Waals surface area contributed by atoms with Crippen LogP contribution in [0.5, 0.6) is 0 Å². The quantitative estimate of drug-likeness (QED) is 0.415. The Hall–Kier alpha value is -3.71. The molecule has 9 heteroatoms. The van der Waals surface area contributed by atoms with Gasteiger partial charge in [-0.15, -0.1) is 0 Å². The SMILES string of the molecule is CN1C(=C2SC(=Nc3cccc(C#N)c3NC3CCNC3)N(Cc3ccccc3)C2=O)Sc2ccccc21. The van der Waals surface area contributed by atoms with Crippen LogP contribution in [0.4, 0.5) is 17.1 Å². The minimum Gasteiger partial charge on any atom is -0.378 e. The highest BCUT2D eigenvalue weighted by molar-refractivity contribution is 8.19. The Morgan fingerprint density at radius 1 is 1.08 bits per heavy atom. The smallest absolute Gasteiger partial charge is 0.269 e. The van der Waals surface area contributed by atoms with E-state index in [1.807, 2.05) is 61.6 Å². The van der Waals surface area contributed by atoms with Gasteiger partial charge >= 0.3 is 0 Å². The number of amides is 1. The Morgan fingerprint density at radius 2 is 1.89 bits per heavy atom. The lowest BCUT2D eigenvalue weighted by molar-refractivity contribution is -0.122. The molecule has 0 radical (unpaired) electrons. The zero-order chi connectivity index (χ0) is 26.1. The van der Waals surface area contributed by atoms with Crippen LogP contribution in [0, 0.1) is 11.3 Å². The summed E-state index contributed by atoms with van der Waals surface area (Å²) in [5.41, 5.74) is 4.03. The fourth-order valence-electron chi connectivity index (χ4n) is 4.79. The molecule has 0 aromatic heterocycles. The number of nitriles is 1. The van der Waals surface area contributed by atoms with Crippen molar-refractivity contribution in [1.82, 2.24) is 10.2 Å². The fourth-order valence-corrected chi connectivity index (χ4v) is 7.12. The summed E-state index contributed by atoms with van der Waals surface area (Å²) in [7, 11) is 2.00. The second kappa shape index (κ2) is 10.6. The molecule has 2 fully saturated rings. The third kappa shape index (κ3) is 4.67. The molecule has 1 amide bonds. The van der Waals surface area contributed by atoms with Crippen LogP contribution in [-0.4, -0.2) is 42.2 Å². The standard InChI is InChI=1S/C29H26N6OS2/c1-34-23-12-5-6-13-24(23)37-28(34)26-27(36)35(18-19-8-3-2-4-9-19)29(38-26)33-22-11-7-10-20(16-30)25(22)32-21-14-15-31-17-21/h2-13,21,31-32H,14-15,17-18H2,1H3. The third-order valence-corrected chi connectivity index (χ3v) is 9.20. The number of carbonyl (C=O) groups excluding carboxylic acids is 1. The lowest BCUT2D eigenvalue weighted by Gasteiger charge is -2.19. The average Bonchev–Trinajstić information content (AvgIpc) is 3.65. The predicted molar refractivity (Wildman–Crippen MR) is 155 cm³/mol. The molecule has 0 spiro atoms. The Labute approximate surface area is 230 Å². The van der Waals surface area contributed by atoms with Gasteiger partial charge in [0.05, 0.1) is 34.2 Å². The van der Waals surface area contributed by atoms with Crippen LogP contribution in [0.2, 0.25) is 0 Å². The van der Waals surface area contributed by atoms with Crippen molar-refractivity contribution in [3.63, 3.8) is 0 Å². The van der Waals surface area contributed by atoms with E-state index in [2.05, 4.69) is 33.7 Å². The topological polar surface area (TPSA) is 83.8 Å². The van der Waals surface area contributed by atoms with Crippen molar-refractivity contribution in [2.45, 2.75) is 23.9 Å². The Bertz CT molecular complexity index is 1490. The number of rotatable bonds is 5. The number of nitrogens with zero attached hydrogens (tertiary/aromatic N) is 4. The molecule has 0 aliphatic carbocycles. The van der Waals surface area contributed by atoms with Crippen LogP contribution in [-0.2, 0) is 11.3 Å². The summed E-state index contributed by atoms with van der Waals surface area (Å²) in [6, 6.07) is 26.2. The molecule has 3 aliphatic heterocycles. The van der Waals surface area contributed by atoms with Crippen LogP contribution in [0.15, 0.2) is 92.6 Å². The minimum atomic E-state index is -0.0642. The van der Waals surface area contributed by atoms with Gasteiger partial charge in [0.2, 0.25) is 0 Å². The summed E-state index contributed by atoms with van der Waals surface area (Å²) in [6.45, 7) is 2.19. The van der Waals surface area contributed by atoms with Gasteiger partial charge in [-0.25, -0.2) is 4.99 Å². The van der Waals surface area contributed by atoms with E-state index in [4.69, 9.17) is 4.99 Å². The summed E-state index contributed by atoms with van der Waals surface area (Å²) in [5.74, 6) is -0.0642. The molecule has 38 heavy (non-hydrogen) atoms. The average molecular weight is 539 g/mol. The molecule has 7 nitrogen and oxygen atoms in total. The molecule has 2 saturated heterocycles. The highest BCUT2D eigenvalue weighted by Crippen LogP contribution is 2.50. The van der Waals surface area contributed by atoms with E-state index in [-0.39, 0.29) is 11.9 Å². The van der Waals surface area contributed by atoms with Crippen LogP contribution in [0.25, 0.3) is 0 Å². The van der Waals surface area contributed by atoms with E-state index < -0.39 is 0 Å². The number of nitrogens with one attached hydrogen (secondary N) is 2. The maximum absolute atomic E-state index is 13.9. The van der Waals surface area contributed by atoms with Crippen molar-refractivity contribution in [2.75, 3.05) is 30.4 Å². The molecule has 0 bridgehead atoms. The van der Waals surface area contributed by atoms with E-state index in [1.54, 1.807) is 22.7 Å². The van der Waals surface area contributed by atoms with Crippen LogP contribution in [0.3, 0.4) is 0 Å². The number of benzene rings is 3. The van der Waals surface area contributed by atoms with Gasteiger partial charge in [0.15, 0.2) is 5.17 Å². The molecular formula is C29H26N6OS2. The highest BCUT2D eigenvalue weighted by Gasteiger charge is 2.39. The lowest BCUT2D eigenvalue weighted by atomic mass is 10.1. The molecule has 3 heterocycles. The molecular weight excluding hydrogens is 512 g/mol. The number of hydrogen-bond donors (Lipinski definition) is 2. The van der Waals surface area contributed by atoms with Crippen LogP contribution in [0.1, 0.15) is 17.5 Å². The van der Waals surface area contributed by atoms with Crippen molar-refractivity contribution in [3.8, 4) is 6.07 Å². The number of carbonyl (C=O) groups is 1. The molecule has 1 atom stereocenters. The summed E-state index contributed by atoms with van der Waals surface area (Å²) >= 11 is 3.01. The molecule has 190 valence electrons. The summed E-state index contributed by atoms with van der Waals surface area (Å²) < 4.78 is 0. The normalized spacial score (nSPS) is 21.7. The van der Waals surface area contributed by atoms with Gasteiger partial charge in [-0.05, 0) is 54.6 Å². The van der Waals surface area contributed by atoms with Gasteiger partial charge in [-0.3, -0.25) is 9.69 Å². The van der Waals surface area contributed by atoms with Crippen LogP contribution < -0.4 is 15.5 Å². The van der Waals surface area contributed by atoms with Gasteiger partial charge in [-0.1, -0.05) is 60.3 Å². The number of thioether (sulfide) groups is 2. The first-order valence-electron chi connectivity index (χ1n) is 12.5. The second-order valence-electron chi connectivity index (χ2n) is 9.28. The second-order valence-corrected chi connectivity index (χ2v) is 11.3. The number of amidine groups is 1. The molecule has 0 saturated carbocycles. The number of hydrogen-bond acceptors (Lipinski definition) is 8. The molecule has 3 aromatic rings. The zero-order valence-corrected chi connectivity index (χ0v) is 22.5. The molecule has 3 aromatic carbocycles. The zero-order valence-electron chi connectivity index (χ0n) is 20.8. The van der Waals surface area contributed by atoms with Crippen molar-refractivity contribution in [1.29, 1.82) is 5.26 Å². The third-order valence-electron chi connectivity index (χ3n) is 6.77. The molecule has 1 unspecified atom stereocenters. The Balaban J connectivity index is 1.42. The van der Waals surface area contributed by atoms with Crippen molar-refractivity contribution < 1.29 is 4.79 Å². The van der Waals surface area contributed by atoms with E-state index >= 15 is 0 Å². The lowest BCUT2D eigenvalue weighted by Crippen LogP contribution is -2.29. The van der Waals surface area contributed by atoms with E-state index in [0.717, 1.165) is 40.7 Å². The van der Waals surface area contributed by atoms with Crippen molar-refractivity contribution in [2.24, 2.45) is 4.99 Å². The molecule has 6 rings (SSSR count). The Kier molecular flexibility index (Phi) is 6.85. The number of anilines is 2. The maximum Gasteiger partial charge on any atom is 0.269 e. The largest absolute Gasteiger partial charge is 0.378 e. The summed E-state index contributed by atoms with van der Waals surface area (Å²) in [4.78, 5) is 24.6. The number of fused-ring (bicyclic) bond motifs is 1. The summed E-state index contributed by atoms with van der Waals surface area (Å²) in [6.07, 6.45) is 0.976. The van der Waals surface area contributed by atoms with Gasteiger partial charge in [0.1, 0.15) is 11.0 Å².